The summed E-state index contributed by atoms with van der Waals surface area (Å²) in [4.78, 5) is 25.3. The van der Waals surface area contributed by atoms with E-state index >= 15 is 0 Å². The van der Waals surface area contributed by atoms with Gasteiger partial charge in [-0.3, -0.25) is 4.57 Å². The molecule has 0 spiro atoms. The van der Waals surface area contributed by atoms with Gasteiger partial charge in [-0.05, 0) is 57.2 Å². The lowest BCUT2D eigenvalue weighted by molar-refractivity contribution is -0.274. The number of hydrogen-bond donors (Lipinski definition) is 2. The number of urea groups is 1. The summed E-state index contributed by atoms with van der Waals surface area (Å²) in [7, 11) is 0. The number of aryl methyl sites for hydroxylation is 2. The highest BCUT2D eigenvalue weighted by Gasteiger charge is 2.32. The molecule has 0 aliphatic rings. The number of nitrogens with zero attached hydrogens (tertiary/aromatic N) is 4. The molecular formula is C24H21F3N6O3. The molecule has 9 nitrogen and oxygen atoms in total. The number of nitrogens with one attached hydrogen (secondary N) is 2. The third-order valence-corrected chi connectivity index (χ3v) is 5.00. The van der Waals surface area contributed by atoms with Crippen LogP contribution in [-0.2, 0) is 0 Å². The minimum Gasteiger partial charge on any atom is -0.439 e. The van der Waals surface area contributed by atoms with Crippen LogP contribution in [0.15, 0.2) is 60.9 Å². The number of rotatable bonds is 6. The van der Waals surface area contributed by atoms with E-state index in [0.717, 1.165) is 17.5 Å². The fourth-order valence-corrected chi connectivity index (χ4v) is 3.23. The molecule has 0 fully saturated rings. The number of amides is 2. The second kappa shape index (κ2) is 9.94. The van der Waals surface area contributed by atoms with Crippen LogP contribution in [0.1, 0.15) is 17.2 Å². The second-order valence-corrected chi connectivity index (χ2v) is 7.65. The van der Waals surface area contributed by atoms with E-state index in [9.17, 15) is 18.0 Å². The summed E-state index contributed by atoms with van der Waals surface area (Å²) in [6, 6.07) is 12.5. The number of para-hydroxylation sites is 2. The molecular weight excluding hydrogens is 477 g/mol. The lowest BCUT2D eigenvalue weighted by Crippen LogP contribution is -2.22. The van der Waals surface area contributed by atoms with Crippen molar-refractivity contribution in [3.63, 3.8) is 0 Å². The Hall–Kier alpha value is -4.61. The molecule has 0 saturated carbocycles. The average Bonchev–Trinajstić information content (AvgIpc) is 3.13. The average molecular weight is 498 g/mol. The van der Waals surface area contributed by atoms with Crippen molar-refractivity contribution in [1.82, 2.24) is 19.5 Å². The van der Waals surface area contributed by atoms with Crippen LogP contribution in [0.3, 0.4) is 0 Å². The standard InChI is InChI=1S/C24H21F3N6O3/c1-14-15(2)33(13-28-14)21-12-22(30-16(3)29-21)35-18-10-8-17(9-11-18)31-23(34)32-19-6-4-5-7-20(19)36-24(25,26)27/h4-13H,1-3H3,(H2,31,32,34). The van der Waals surface area contributed by atoms with Gasteiger partial charge in [0, 0.05) is 17.4 Å². The zero-order valence-electron chi connectivity index (χ0n) is 19.4. The molecule has 4 aromatic rings. The summed E-state index contributed by atoms with van der Waals surface area (Å²) in [5, 5.41) is 4.88. The van der Waals surface area contributed by atoms with E-state index in [1.807, 2.05) is 18.4 Å². The quantitative estimate of drug-likeness (QED) is 0.342. The van der Waals surface area contributed by atoms with Crippen LogP contribution in [0.2, 0.25) is 0 Å². The van der Waals surface area contributed by atoms with Crippen LogP contribution >= 0.6 is 0 Å². The molecule has 2 heterocycles. The first-order valence-electron chi connectivity index (χ1n) is 10.6. The van der Waals surface area contributed by atoms with Gasteiger partial charge in [-0.2, -0.15) is 4.98 Å². The van der Waals surface area contributed by atoms with Gasteiger partial charge in [-0.15, -0.1) is 13.2 Å². The normalized spacial score (nSPS) is 11.2. The Morgan fingerprint density at radius 3 is 2.36 bits per heavy atom. The van der Waals surface area contributed by atoms with Crippen molar-refractivity contribution in [3.8, 4) is 23.2 Å². The van der Waals surface area contributed by atoms with Crippen LogP contribution in [-0.4, -0.2) is 31.9 Å². The molecule has 186 valence electrons. The molecule has 36 heavy (non-hydrogen) atoms. The van der Waals surface area contributed by atoms with E-state index in [2.05, 4.69) is 30.3 Å². The van der Waals surface area contributed by atoms with Crippen molar-refractivity contribution in [3.05, 3.63) is 78.1 Å². The first-order chi connectivity index (χ1) is 17.1. The molecule has 0 aliphatic carbocycles. The van der Waals surface area contributed by atoms with E-state index in [-0.39, 0.29) is 5.69 Å². The number of hydrogen-bond acceptors (Lipinski definition) is 6. The number of carbonyl (C=O) groups excluding carboxylic acids is 1. The Labute approximate surface area is 203 Å². The number of aromatic nitrogens is 4. The minimum atomic E-state index is -4.89. The fourth-order valence-electron chi connectivity index (χ4n) is 3.23. The van der Waals surface area contributed by atoms with Gasteiger partial charge < -0.3 is 20.1 Å². The summed E-state index contributed by atoms with van der Waals surface area (Å²) in [6.45, 7) is 5.59. The van der Waals surface area contributed by atoms with E-state index < -0.39 is 18.1 Å². The van der Waals surface area contributed by atoms with Gasteiger partial charge in [0.2, 0.25) is 5.88 Å². The lowest BCUT2D eigenvalue weighted by Gasteiger charge is -2.14. The number of imidazole rings is 1. The van der Waals surface area contributed by atoms with Crippen molar-refractivity contribution in [1.29, 1.82) is 0 Å². The van der Waals surface area contributed by atoms with Crippen LogP contribution in [0.5, 0.6) is 17.4 Å². The van der Waals surface area contributed by atoms with Crippen molar-refractivity contribution < 1.29 is 27.4 Å². The maximum absolute atomic E-state index is 12.6. The molecule has 4 rings (SSSR count). The monoisotopic (exact) mass is 498 g/mol. The summed E-state index contributed by atoms with van der Waals surface area (Å²) in [5.41, 5.74) is 2.08. The number of carbonyl (C=O) groups is 1. The number of benzene rings is 2. The molecule has 0 aliphatic heterocycles. The molecule has 0 atom stereocenters. The predicted octanol–water partition coefficient (Wildman–Crippen LogP) is 5.92. The highest BCUT2D eigenvalue weighted by Crippen LogP contribution is 2.30. The van der Waals surface area contributed by atoms with Gasteiger partial charge in [-0.1, -0.05) is 12.1 Å². The zero-order chi connectivity index (χ0) is 25.9. The summed E-state index contributed by atoms with van der Waals surface area (Å²) in [6.07, 6.45) is -3.21. The van der Waals surface area contributed by atoms with Gasteiger partial charge in [0.25, 0.3) is 0 Å². The van der Waals surface area contributed by atoms with Gasteiger partial charge in [0.1, 0.15) is 23.7 Å². The molecule has 2 amide bonds. The van der Waals surface area contributed by atoms with E-state index in [4.69, 9.17) is 4.74 Å². The molecule has 12 heteroatoms. The third-order valence-electron chi connectivity index (χ3n) is 5.00. The molecule has 2 aromatic carbocycles. The molecule has 0 unspecified atom stereocenters. The van der Waals surface area contributed by atoms with Crippen LogP contribution < -0.4 is 20.1 Å². The lowest BCUT2D eigenvalue weighted by atomic mass is 10.3. The van der Waals surface area contributed by atoms with E-state index in [0.29, 0.717) is 29.0 Å². The Balaban J connectivity index is 1.42. The SMILES string of the molecule is Cc1nc(Oc2ccc(NC(=O)Nc3ccccc3OC(F)(F)F)cc2)cc(-n2cnc(C)c2C)n1. The van der Waals surface area contributed by atoms with Crippen molar-refractivity contribution in [2.75, 3.05) is 10.6 Å². The fraction of sp³-hybridized carbons (Fsp3) is 0.167. The van der Waals surface area contributed by atoms with Crippen LogP contribution in [0.4, 0.5) is 29.3 Å². The molecule has 0 bridgehead atoms. The van der Waals surface area contributed by atoms with E-state index in [1.54, 1.807) is 43.6 Å². The highest BCUT2D eigenvalue weighted by atomic mass is 19.4. The maximum Gasteiger partial charge on any atom is 0.573 e. The van der Waals surface area contributed by atoms with Crippen molar-refractivity contribution in [2.24, 2.45) is 0 Å². The Morgan fingerprint density at radius 2 is 1.69 bits per heavy atom. The van der Waals surface area contributed by atoms with Crippen LogP contribution in [0, 0.1) is 20.8 Å². The zero-order valence-corrected chi connectivity index (χ0v) is 19.4. The third kappa shape index (κ3) is 6.09. The molecule has 2 N–H and O–H groups in total. The maximum atomic E-state index is 12.6. The molecule has 0 radical (unpaired) electrons. The first-order valence-corrected chi connectivity index (χ1v) is 10.6. The Morgan fingerprint density at radius 1 is 0.972 bits per heavy atom. The second-order valence-electron chi connectivity index (χ2n) is 7.65. The predicted molar refractivity (Wildman–Crippen MR) is 126 cm³/mol. The topological polar surface area (TPSA) is 103 Å². The number of ether oxygens (including phenoxy) is 2. The number of halogens is 3. The number of anilines is 2. The minimum absolute atomic E-state index is 0.134. The summed E-state index contributed by atoms with van der Waals surface area (Å²) in [5.74, 6) is 1.37. The summed E-state index contributed by atoms with van der Waals surface area (Å²) < 4.78 is 49.3. The van der Waals surface area contributed by atoms with Gasteiger partial charge in [0.15, 0.2) is 5.75 Å². The highest BCUT2D eigenvalue weighted by molar-refractivity contribution is 6.00. The van der Waals surface area contributed by atoms with Gasteiger partial charge in [0.05, 0.1) is 11.4 Å². The largest absolute Gasteiger partial charge is 0.573 e. The summed E-state index contributed by atoms with van der Waals surface area (Å²) >= 11 is 0. The Bertz CT molecular complexity index is 1390. The number of alkyl halides is 3. The van der Waals surface area contributed by atoms with E-state index in [1.165, 1.54) is 18.2 Å². The van der Waals surface area contributed by atoms with Gasteiger partial charge in [-0.25, -0.2) is 14.8 Å². The molecule has 2 aromatic heterocycles. The van der Waals surface area contributed by atoms with Crippen LogP contribution in [0.25, 0.3) is 5.82 Å². The van der Waals surface area contributed by atoms with Crippen molar-refractivity contribution in [2.45, 2.75) is 27.1 Å². The Kier molecular flexibility index (Phi) is 6.77. The smallest absolute Gasteiger partial charge is 0.439 e. The molecule has 0 saturated heterocycles. The van der Waals surface area contributed by atoms with Crippen molar-refractivity contribution >= 4 is 17.4 Å². The first kappa shape index (κ1) is 24.5. The van der Waals surface area contributed by atoms with Gasteiger partial charge >= 0.3 is 12.4 Å².